The lowest BCUT2D eigenvalue weighted by Crippen LogP contribution is -2.62. The van der Waals surface area contributed by atoms with E-state index >= 15 is 0 Å². The molecule has 2 amide bonds. The van der Waals surface area contributed by atoms with Gasteiger partial charge in [-0.3, -0.25) is 9.59 Å². The van der Waals surface area contributed by atoms with Crippen molar-refractivity contribution in [2.75, 3.05) is 39.9 Å². The summed E-state index contributed by atoms with van der Waals surface area (Å²) in [5, 5.41) is 3.36. The number of hydrogen-bond acceptors (Lipinski definition) is 5. The number of rotatable bonds is 10. The van der Waals surface area contributed by atoms with Crippen LogP contribution in [0.1, 0.15) is 53.4 Å². The molecule has 2 atom stereocenters. The first-order valence-corrected chi connectivity index (χ1v) is 12.9. The molecule has 2 aliphatic rings. The number of piperidine rings is 1. The largest absolute Gasteiger partial charge is 0.493 e. The van der Waals surface area contributed by atoms with Gasteiger partial charge in [0.15, 0.2) is 11.5 Å². The third-order valence-electron chi connectivity index (χ3n) is 6.86. The second-order valence-electron chi connectivity index (χ2n) is 10.5. The molecule has 7 nitrogen and oxygen atoms in total. The van der Waals surface area contributed by atoms with Crippen molar-refractivity contribution in [1.29, 1.82) is 0 Å². The molecule has 2 fully saturated rings. The van der Waals surface area contributed by atoms with E-state index in [9.17, 15) is 9.59 Å². The number of likely N-dealkylation sites (tertiary alicyclic amines) is 1. The number of carbonyl (C=O) groups excluding carboxylic acids is 2. The van der Waals surface area contributed by atoms with E-state index in [-0.39, 0.29) is 23.9 Å². The van der Waals surface area contributed by atoms with Gasteiger partial charge >= 0.3 is 0 Å². The summed E-state index contributed by atoms with van der Waals surface area (Å²) in [5.74, 6) is 2.85. The van der Waals surface area contributed by atoms with Gasteiger partial charge in [-0.1, -0.05) is 39.8 Å². The third-order valence-corrected chi connectivity index (χ3v) is 6.86. The van der Waals surface area contributed by atoms with E-state index in [0.717, 1.165) is 37.3 Å². The van der Waals surface area contributed by atoms with Gasteiger partial charge in [-0.2, -0.15) is 0 Å². The average Bonchev–Trinajstić information content (AvgIpc) is 2.82. The summed E-state index contributed by atoms with van der Waals surface area (Å²) < 4.78 is 11.4. The molecule has 1 aromatic rings. The van der Waals surface area contributed by atoms with Crippen LogP contribution in [-0.2, 0) is 9.59 Å². The predicted molar refractivity (Wildman–Crippen MR) is 134 cm³/mol. The standard InChI is InChI=1S/C27H43N3O4/c1-19(2)16-22-26(31)30(15-12-28-22)23(17-20(3)4)27(32)29-13-10-21(11-14-29)18-34-25-9-7-6-8-24(25)33-5/h6-9,19-23,28H,10-18H2,1-5H3/t22-,23?/m0/s1. The topological polar surface area (TPSA) is 71.1 Å². The van der Waals surface area contributed by atoms with Crippen LogP contribution in [0.3, 0.4) is 0 Å². The summed E-state index contributed by atoms with van der Waals surface area (Å²) in [6.07, 6.45) is 3.31. The lowest BCUT2D eigenvalue weighted by atomic mass is 9.94. The van der Waals surface area contributed by atoms with Gasteiger partial charge in [0, 0.05) is 26.2 Å². The molecule has 0 spiro atoms. The normalized spacial score (nSPS) is 20.7. The molecular weight excluding hydrogens is 430 g/mol. The number of amides is 2. The van der Waals surface area contributed by atoms with Gasteiger partial charge in [0.1, 0.15) is 6.04 Å². The maximum absolute atomic E-state index is 13.6. The minimum atomic E-state index is -0.370. The molecule has 2 heterocycles. The van der Waals surface area contributed by atoms with Gasteiger partial charge < -0.3 is 24.6 Å². The Kier molecular flexibility index (Phi) is 9.63. The van der Waals surface area contributed by atoms with Crippen molar-refractivity contribution < 1.29 is 19.1 Å². The van der Waals surface area contributed by atoms with Crippen molar-refractivity contribution in [3.63, 3.8) is 0 Å². The van der Waals surface area contributed by atoms with Gasteiger partial charge in [-0.05, 0) is 55.6 Å². The predicted octanol–water partition coefficient (Wildman–Crippen LogP) is 3.57. The Morgan fingerprint density at radius 2 is 1.74 bits per heavy atom. The maximum Gasteiger partial charge on any atom is 0.245 e. The molecule has 0 aliphatic carbocycles. The molecule has 1 aromatic carbocycles. The molecular formula is C27H43N3O4. The molecule has 0 bridgehead atoms. The summed E-state index contributed by atoms with van der Waals surface area (Å²) in [7, 11) is 1.65. The van der Waals surface area contributed by atoms with Gasteiger partial charge in [0.25, 0.3) is 0 Å². The Balaban J connectivity index is 1.58. The number of methoxy groups -OCH3 is 1. The molecule has 1 N–H and O–H groups in total. The van der Waals surface area contributed by atoms with Crippen molar-refractivity contribution in [2.45, 2.75) is 65.5 Å². The number of carbonyl (C=O) groups is 2. The molecule has 0 aromatic heterocycles. The van der Waals surface area contributed by atoms with Crippen molar-refractivity contribution in [3.8, 4) is 11.5 Å². The van der Waals surface area contributed by atoms with Crippen LogP contribution in [0.4, 0.5) is 0 Å². The SMILES string of the molecule is COc1ccccc1OCC1CCN(C(=O)C(CC(C)C)N2CCN[C@@H](CC(C)C)C2=O)CC1. The Morgan fingerprint density at radius 3 is 2.35 bits per heavy atom. The zero-order valence-electron chi connectivity index (χ0n) is 21.6. The number of benzene rings is 1. The fraction of sp³-hybridized carbons (Fsp3) is 0.704. The molecule has 34 heavy (non-hydrogen) atoms. The highest BCUT2D eigenvalue weighted by Gasteiger charge is 2.39. The maximum atomic E-state index is 13.6. The Bertz CT molecular complexity index is 805. The van der Waals surface area contributed by atoms with Crippen molar-refractivity contribution in [2.24, 2.45) is 17.8 Å². The van der Waals surface area contributed by atoms with E-state index in [2.05, 4.69) is 33.0 Å². The van der Waals surface area contributed by atoms with Crippen LogP contribution in [0.25, 0.3) is 0 Å². The lowest BCUT2D eigenvalue weighted by Gasteiger charge is -2.42. The van der Waals surface area contributed by atoms with Gasteiger partial charge in [0.2, 0.25) is 11.8 Å². The van der Waals surface area contributed by atoms with E-state index in [1.54, 1.807) is 7.11 Å². The number of hydrogen-bond donors (Lipinski definition) is 1. The molecule has 0 saturated carbocycles. The molecule has 0 radical (unpaired) electrons. The molecule has 2 saturated heterocycles. The van der Waals surface area contributed by atoms with E-state index in [4.69, 9.17) is 9.47 Å². The van der Waals surface area contributed by atoms with Crippen LogP contribution in [-0.4, -0.2) is 73.6 Å². The first kappa shape index (κ1) is 26.3. The number of piperazine rings is 1. The summed E-state index contributed by atoms with van der Waals surface area (Å²) in [4.78, 5) is 30.7. The van der Waals surface area contributed by atoms with E-state index in [1.807, 2.05) is 34.1 Å². The number of nitrogens with zero attached hydrogens (tertiary/aromatic N) is 2. The summed E-state index contributed by atoms with van der Waals surface area (Å²) in [6.45, 7) is 11.9. The van der Waals surface area contributed by atoms with E-state index in [1.165, 1.54) is 0 Å². The smallest absolute Gasteiger partial charge is 0.245 e. The van der Waals surface area contributed by atoms with Gasteiger partial charge in [-0.15, -0.1) is 0 Å². The first-order valence-electron chi connectivity index (χ1n) is 12.9. The molecule has 7 heteroatoms. The van der Waals surface area contributed by atoms with Crippen LogP contribution in [0.15, 0.2) is 24.3 Å². The number of ether oxygens (including phenoxy) is 2. The Labute approximate surface area is 205 Å². The van der Waals surface area contributed by atoms with Gasteiger partial charge in [-0.25, -0.2) is 0 Å². The average molecular weight is 474 g/mol. The zero-order valence-corrected chi connectivity index (χ0v) is 21.6. The van der Waals surface area contributed by atoms with Crippen LogP contribution in [0.2, 0.25) is 0 Å². The minimum absolute atomic E-state index is 0.0824. The number of para-hydroxylation sites is 2. The van der Waals surface area contributed by atoms with Crippen LogP contribution in [0, 0.1) is 17.8 Å². The minimum Gasteiger partial charge on any atom is -0.493 e. The molecule has 2 aliphatic heterocycles. The Hall–Kier alpha value is -2.28. The second kappa shape index (κ2) is 12.4. The molecule has 3 rings (SSSR count). The molecule has 190 valence electrons. The van der Waals surface area contributed by atoms with E-state index < -0.39 is 0 Å². The van der Waals surface area contributed by atoms with Crippen LogP contribution >= 0.6 is 0 Å². The van der Waals surface area contributed by atoms with Crippen molar-refractivity contribution >= 4 is 11.8 Å². The highest BCUT2D eigenvalue weighted by molar-refractivity contribution is 5.90. The van der Waals surface area contributed by atoms with Gasteiger partial charge in [0.05, 0.1) is 19.8 Å². The summed E-state index contributed by atoms with van der Waals surface area (Å²) >= 11 is 0. The van der Waals surface area contributed by atoms with Crippen LogP contribution < -0.4 is 14.8 Å². The highest BCUT2D eigenvalue weighted by Crippen LogP contribution is 2.28. The monoisotopic (exact) mass is 473 g/mol. The third kappa shape index (κ3) is 6.87. The lowest BCUT2D eigenvalue weighted by molar-refractivity contribution is -0.150. The van der Waals surface area contributed by atoms with Crippen LogP contribution in [0.5, 0.6) is 11.5 Å². The van der Waals surface area contributed by atoms with E-state index in [0.29, 0.717) is 50.4 Å². The fourth-order valence-corrected chi connectivity index (χ4v) is 5.01. The zero-order chi connectivity index (χ0) is 24.7. The first-order chi connectivity index (χ1) is 16.3. The molecule has 1 unspecified atom stereocenters. The summed E-state index contributed by atoms with van der Waals surface area (Å²) in [5.41, 5.74) is 0. The Morgan fingerprint density at radius 1 is 1.06 bits per heavy atom. The second-order valence-corrected chi connectivity index (χ2v) is 10.5. The quantitative estimate of drug-likeness (QED) is 0.563. The van der Waals surface area contributed by atoms with Crippen molar-refractivity contribution in [1.82, 2.24) is 15.1 Å². The highest BCUT2D eigenvalue weighted by atomic mass is 16.5. The number of nitrogens with one attached hydrogen (secondary N) is 1. The summed E-state index contributed by atoms with van der Waals surface area (Å²) in [6, 6.07) is 7.13. The van der Waals surface area contributed by atoms with Crippen molar-refractivity contribution in [3.05, 3.63) is 24.3 Å². The fourth-order valence-electron chi connectivity index (χ4n) is 5.01.